The number of carbonyl (C=O) groups is 1. The Morgan fingerprint density at radius 2 is 1.60 bits per heavy atom. The van der Waals surface area contributed by atoms with E-state index in [4.69, 9.17) is 5.11 Å². The van der Waals surface area contributed by atoms with Gasteiger partial charge in [-0.15, -0.1) is 0 Å². The van der Waals surface area contributed by atoms with Crippen molar-refractivity contribution >= 4 is 11.7 Å². The lowest BCUT2D eigenvalue weighted by atomic mass is 10.1. The van der Waals surface area contributed by atoms with Crippen LogP contribution in [0.15, 0.2) is 24.3 Å². The second kappa shape index (κ2) is 10.3. The fourth-order valence-electron chi connectivity index (χ4n) is 2.28. The van der Waals surface area contributed by atoms with Crippen molar-refractivity contribution in [3.8, 4) is 0 Å². The van der Waals surface area contributed by atoms with Crippen molar-refractivity contribution in [3.63, 3.8) is 0 Å². The Bertz CT molecular complexity index is 390. The first-order chi connectivity index (χ1) is 9.70. The molecule has 0 radical (unpaired) electrons. The molecule has 0 bridgehead atoms. The number of rotatable bonds is 11. The first-order valence-electron chi connectivity index (χ1n) is 7.71. The van der Waals surface area contributed by atoms with Crippen LogP contribution in [0.1, 0.15) is 56.9 Å². The Kier molecular flexibility index (Phi) is 8.52. The van der Waals surface area contributed by atoms with Gasteiger partial charge in [0.25, 0.3) is 0 Å². The van der Waals surface area contributed by atoms with E-state index in [9.17, 15) is 4.79 Å². The fourth-order valence-corrected chi connectivity index (χ4v) is 2.28. The highest BCUT2D eigenvalue weighted by molar-refractivity contribution is 5.66. The average molecular weight is 277 g/mol. The standard InChI is InChI=1S/C17H27NO2/c1-15-11-8-9-12-16(15)18-14-10-6-4-2-3-5-7-13-17(19)20/h8-9,11-12,18H,2-7,10,13-14H2,1H3,(H,19,20). The van der Waals surface area contributed by atoms with Crippen LogP contribution >= 0.6 is 0 Å². The van der Waals surface area contributed by atoms with E-state index in [1.54, 1.807) is 0 Å². The van der Waals surface area contributed by atoms with Crippen LogP contribution in [-0.4, -0.2) is 17.6 Å². The van der Waals surface area contributed by atoms with Crippen molar-refractivity contribution in [2.75, 3.05) is 11.9 Å². The Morgan fingerprint density at radius 3 is 2.25 bits per heavy atom. The van der Waals surface area contributed by atoms with E-state index >= 15 is 0 Å². The van der Waals surface area contributed by atoms with Crippen LogP contribution in [0, 0.1) is 6.92 Å². The number of para-hydroxylation sites is 1. The molecular formula is C17H27NO2. The molecule has 0 saturated heterocycles. The molecule has 0 amide bonds. The molecule has 3 nitrogen and oxygen atoms in total. The molecule has 0 aliphatic rings. The Balaban J connectivity index is 1.90. The van der Waals surface area contributed by atoms with E-state index in [1.165, 1.54) is 43.4 Å². The highest BCUT2D eigenvalue weighted by Gasteiger charge is 1.97. The van der Waals surface area contributed by atoms with Gasteiger partial charge in [-0.2, -0.15) is 0 Å². The first-order valence-corrected chi connectivity index (χ1v) is 7.71. The van der Waals surface area contributed by atoms with Crippen molar-refractivity contribution < 1.29 is 9.90 Å². The van der Waals surface area contributed by atoms with E-state index in [0.29, 0.717) is 6.42 Å². The molecule has 0 aliphatic carbocycles. The summed E-state index contributed by atoms with van der Waals surface area (Å²) in [4.78, 5) is 10.3. The Hall–Kier alpha value is -1.51. The maximum atomic E-state index is 10.3. The van der Waals surface area contributed by atoms with Gasteiger partial charge in [0.15, 0.2) is 0 Å². The first kappa shape index (κ1) is 16.5. The normalized spacial score (nSPS) is 10.4. The quantitative estimate of drug-likeness (QED) is 0.581. The van der Waals surface area contributed by atoms with Gasteiger partial charge < -0.3 is 10.4 Å². The van der Waals surface area contributed by atoms with Gasteiger partial charge in [-0.05, 0) is 31.4 Å². The monoisotopic (exact) mass is 277 g/mol. The number of hydrogen-bond acceptors (Lipinski definition) is 2. The van der Waals surface area contributed by atoms with Crippen molar-refractivity contribution in [3.05, 3.63) is 29.8 Å². The molecule has 0 fully saturated rings. The number of aryl methyl sites for hydroxylation is 1. The topological polar surface area (TPSA) is 49.3 Å². The maximum absolute atomic E-state index is 10.3. The van der Waals surface area contributed by atoms with Gasteiger partial charge in [0, 0.05) is 18.7 Å². The number of carboxylic acid groups (broad SMARTS) is 1. The molecule has 3 heteroatoms. The lowest BCUT2D eigenvalue weighted by Crippen LogP contribution is -2.02. The summed E-state index contributed by atoms with van der Waals surface area (Å²) in [6.45, 7) is 3.16. The summed E-state index contributed by atoms with van der Waals surface area (Å²) in [5, 5.41) is 12.0. The number of benzene rings is 1. The summed E-state index contributed by atoms with van der Waals surface area (Å²) < 4.78 is 0. The second-order valence-corrected chi connectivity index (χ2v) is 5.36. The molecule has 2 N–H and O–H groups in total. The van der Waals surface area contributed by atoms with Gasteiger partial charge in [-0.3, -0.25) is 4.79 Å². The molecule has 1 aromatic carbocycles. The predicted molar refractivity (Wildman–Crippen MR) is 84.2 cm³/mol. The van der Waals surface area contributed by atoms with Crippen molar-refractivity contribution in [1.82, 2.24) is 0 Å². The molecular weight excluding hydrogens is 250 g/mol. The van der Waals surface area contributed by atoms with Crippen LogP contribution in [-0.2, 0) is 4.79 Å². The van der Waals surface area contributed by atoms with E-state index in [0.717, 1.165) is 19.4 Å². The molecule has 0 aromatic heterocycles. The minimum atomic E-state index is -0.674. The number of unbranched alkanes of at least 4 members (excludes halogenated alkanes) is 6. The third-order valence-electron chi connectivity index (χ3n) is 3.53. The molecule has 0 atom stereocenters. The molecule has 0 heterocycles. The smallest absolute Gasteiger partial charge is 0.303 e. The van der Waals surface area contributed by atoms with E-state index in [1.807, 2.05) is 0 Å². The Morgan fingerprint density at radius 1 is 1.00 bits per heavy atom. The van der Waals surface area contributed by atoms with Gasteiger partial charge >= 0.3 is 5.97 Å². The molecule has 0 spiro atoms. The number of nitrogens with one attached hydrogen (secondary N) is 1. The van der Waals surface area contributed by atoms with Gasteiger partial charge in [0.05, 0.1) is 0 Å². The van der Waals surface area contributed by atoms with E-state index < -0.39 is 5.97 Å². The number of aliphatic carboxylic acids is 1. The van der Waals surface area contributed by atoms with Crippen LogP contribution in [0.25, 0.3) is 0 Å². The Labute approximate surface area is 122 Å². The summed E-state index contributed by atoms with van der Waals surface area (Å²) >= 11 is 0. The van der Waals surface area contributed by atoms with E-state index in [-0.39, 0.29) is 0 Å². The van der Waals surface area contributed by atoms with Gasteiger partial charge in [-0.25, -0.2) is 0 Å². The number of hydrogen-bond donors (Lipinski definition) is 2. The molecule has 0 unspecified atom stereocenters. The van der Waals surface area contributed by atoms with E-state index in [2.05, 4.69) is 36.5 Å². The van der Waals surface area contributed by atoms with Gasteiger partial charge in [0.1, 0.15) is 0 Å². The number of carboxylic acids is 1. The zero-order chi connectivity index (χ0) is 14.6. The molecule has 1 rings (SSSR count). The summed E-state index contributed by atoms with van der Waals surface area (Å²) in [6.07, 6.45) is 8.28. The summed E-state index contributed by atoms with van der Waals surface area (Å²) in [5.74, 6) is -0.674. The summed E-state index contributed by atoms with van der Waals surface area (Å²) in [6, 6.07) is 8.37. The minimum absolute atomic E-state index is 0.320. The summed E-state index contributed by atoms with van der Waals surface area (Å²) in [5.41, 5.74) is 2.53. The lowest BCUT2D eigenvalue weighted by molar-refractivity contribution is -0.137. The lowest BCUT2D eigenvalue weighted by Gasteiger charge is -2.08. The SMILES string of the molecule is Cc1ccccc1NCCCCCCCCCC(=O)O. The minimum Gasteiger partial charge on any atom is -0.481 e. The van der Waals surface area contributed by atoms with Crippen LogP contribution in [0.5, 0.6) is 0 Å². The molecule has 0 saturated carbocycles. The zero-order valence-electron chi connectivity index (χ0n) is 12.5. The summed E-state index contributed by atoms with van der Waals surface area (Å²) in [7, 11) is 0. The third-order valence-corrected chi connectivity index (χ3v) is 3.53. The highest BCUT2D eigenvalue weighted by atomic mass is 16.4. The van der Waals surface area contributed by atoms with Crippen LogP contribution in [0.2, 0.25) is 0 Å². The average Bonchev–Trinajstić information content (AvgIpc) is 2.42. The third kappa shape index (κ3) is 7.82. The fraction of sp³-hybridized carbons (Fsp3) is 0.588. The van der Waals surface area contributed by atoms with Gasteiger partial charge in [0.2, 0.25) is 0 Å². The predicted octanol–water partition coefficient (Wildman–Crippen LogP) is 4.61. The van der Waals surface area contributed by atoms with Gasteiger partial charge in [-0.1, -0.05) is 50.3 Å². The molecule has 1 aromatic rings. The maximum Gasteiger partial charge on any atom is 0.303 e. The van der Waals surface area contributed by atoms with Crippen LogP contribution in [0.4, 0.5) is 5.69 Å². The number of anilines is 1. The van der Waals surface area contributed by atoms with Crippen molar-refractivity contribution in [2.24, 2.45) is 0 Å². The van der Waals surface area contributed by atoms with Crippen molar-refractivity contribution in [1.29, 1.82) is 0 Å². The van der Waals surface area contributed by atoms with Crippen LogP contribution < -0.4 is 5.32 Å². The second-order valence-electron chi connectivity index (χ2n) is 5.36. The molecule has 0 aliphatic heterocycles. The van der Waals surface area contributed by atoms with Crippen LogP contribution in [0.3, 0.4) is 0 Å². The largest absolute Gasteiger partial charge is 0.481 e. The molecule has 20 heavy (non-hydrogen) atoms. The molecule has 112 valence electrons. The van der Waals surface area contributed by atoms with Crippen molar-refractivity contribution in [2.45, 2.75) is 58.3 Å². The zero-order valence-corrected chi connectivity index (χ0v) is 12.5. The highest BCUT2D eigenvalue weighted by Crippen LogP contribution is 2.13.